The zero-order valence-electron chi connectivity index (χ0n) is 11.3. The Morgan fingerprint density at radius 1 is 1.05 bits per heavy atom. The lowest BCUT2D eigenvalue weighted by molar-refractivity contribution is 0.107. The van der Waals surface area contributed by atoms with Crippen LogP contribution in [0, 0.1) is 0 Å². The second-order valence-electron chi connectivity index (χ2n) is 4.27. The highest BCUT2D eigenvalue weighted by Gasteiger charge is 2.00. The number of ketones is 1. The van der Waals surface area contributed by atoms with Crippen LogP contribution in [0.2, 0.25) is 0 Å². The van der Waals surface area contributed by atoms with Gasteiger partial charge in [-0.3, -0.25) is 10.2 Å². The summed E-state index contributed by atoms with van der Waals surface area (Å²) in [5.74, 6) is -0.172. The minimum atomic E-state index is -0.172. The van der Waals surface area contributed by atoms with Crippen molar-refractivity contribution in [3.63, 3.8) is 0 Å². The van der Waals surface area contributed by atoms with Gasteiger partial charge in [0.05, 0.1) is 6.21 Å². The summed E-state index contributed by atoms with van der Waals surface area (Å²) >= 11 is 5.07. The second-order valence-corrected chi connectivity index (χ2v) is 4.68. The SMILES string of the molecule is O=C(/C=N/NC(=S)NCc1ccccc1)c1ccccc1. The van der Waals surface area contributed by atoms with Gasteiger partial charge >= 0.3 is 0 Å². The quantitative estimate of drug-likeness (QED) is 0.385. The minimum Gasteiger partial charge on any atom is -0.357 e. The molecule has 2 aromatic carbocycles. The molecule has 0 aliphatic rings. The van der Waals surface area contributed by atoms with Crippen LogP contribution in [0.4, 0.5) is 0 Å². The van der Waals surface area contributed by atoms with E-state index in [1.54, 1.807) is 24.3 Å². The predicted molar refractivity (Wildman–Crippen MR) is 88.3 cm³/mol. The normalized spacial score (nSPS) is 10.3. The smallest absolute Gasteiger partial charge is 0.205 e. The molecule has 21 heavy (non-hydrogen) atoms. The number of Topliss-reactive ketones (excluding diaryl/α,β-unsaturated/α-hetero) is 1. The van der Waals surface area contributed by atoms with Crippen LogP contribution >= 0.6 is 12.2 Å². The van der Waals surface area contributed by atoms with Gasteiger partial charge in [0.15, 0.2) is 5.11 Å². The van der Waals surface area contributed by atoms with Gasteiger partial charge in [-0.1, -0.05) is 60.7 Å². The molecule has 0 aromatic heterocycles. The Hall–Kier alpha value is -2.53. The highest BCUT2D eigenvalue weighted by molar-refractivity contribution is 7.80. The van der Waals surface area contributed by atoms with Gasteiger partial charge in [0.25, 0.3) is 0 Å². The van der Waals surface area contributed by atoms with Crippen LogP contribution in [0.25, 0.3) is 0 Å². The number of carbonyl (C=O) groups excluding carboxylic acids is 1. The fourth-order valence-corrected chi connectivity index (χ4v) is 1.77. The lowest BCUT2D eigenvalue weighted by Gasteiger charge is -2.06. The average molecular weight is 297 g/mol. The van der Waals surface area contributed by atoms with Gasteiger partial charge in [0, 0.05) is 12.1 Å². The summed E-state index contributed by atoms with van der Waals surface area (Å²) in [6.07, 6.45) is 1.21. The molecule has 0 heterocycles. The molecule has 2 rings (SSSR count). The summed E-state index contributed by atoms with van der Waals surface area (Å²) in [6, 6.07) is 18.8. The molecule has 0 atom stereocenters. The average Bonchev–Trinajstić information content (AvgIpc) is 2.54. The molecule has 0 saturated carbocycles. The maximum Gasteiger partial charge on any atom is 0.205 e. The summed E-state index contributed by atoms with van der Waals surface area (Å²) in [4.78, 5) is 11.8. The van der Waals surface area contributed by atoms with E-state index in [1.165, 1.54) is 6.21 Å². The molecule has 4 nitrogen and oxygen atoms in total. The van der Waals surface area contributed by atoms with Crippen LogP contribution in [-0.4, -0.2) is 17.1 Å². The topological polar surface area (TPSA) is 53.5 Å². The Balaban J connectivity index is 1.76. The van der Waals surface area contributed by atoms with Crippen molar-refractivity contribution in [2.24, 2.45) is 5.10 Å². The first-order valence-corrected chi connectivity index (χ1v) is 6.87. The van der Waals surface area contributed by atoms with Crippen molar-refractivity contribution in [3.8, 4) is 0 Å². The molecule has 0 aliphatic carbocycles. The molecular formula is C16H15N3OS. The van der Waals surface area contributed by atoms with Crippen molar-refractivity contribution < 1.29 is 4.79 Å². The summed E-state index contributed by atoms with van der Waals surface area (Å²) < 4.78 is 0. The highest BCUT2D eigenvalue weighted by atomic mass is 32.1. The predicted octanol–water partition coefficient (Wildman–Crippen LogP) is 2.52. The number of nitrogens with one attached hydrogen (secondary N) is 2. The van der Waals surface area contributed by atoms with Gasteiger partial charge < -0.3 is 5.32 Å². The fraction of sp³-hybridized carbons (Fsp3) is 0.0625. The monoisotopic (exact) mass is 297 g/mol. The summed E-state index contributed by atoms with van der Waals surface area (Å²) in [5.41, 5.74) is 4.33. The van der Waals surface area contributed by atoms with Gasteiger partial charge in [-0.05, 0) is 17.8 Å². The number of benzene rings is 2. The number of nitrogens with zero attached hydrogens (tertiary/aromatic N) is 1. The Kier molecular flexibility index (Phi) is 5.60. The van der Waals surface area contributed by atoms with Crippen LogP contribution in [0.5, 0.6) is 0 Å². The molecule has 0 fully saturated rings. The van der Waals surface area contributed by atoms with E-state index in [2.05, 4.69) is 15.8 Å². The van der Waals surface area contributed by atoms with Gasteiger partial charge in [-0.25, -0.2) is 0 Å². The Labute approximate surface area is 128 Å². The van der Waals surface area contributed by atoms with E-state index in [0.29, 0.717) is 17.2 Å². The number of hydrogen-bond donors (Lipinski definition) is 2. The van der Waals surface area contributed by atoms with Crippen LogP contribution in [-0.2, 0) is 6.54 Å². The third kappa shape index (κ3) is 5.16. The summed E-state index contributed by atoms with van der Waals surface area (Å²) in [5, 5.41) is 7.21. The van der Waals surface area contributed by atoms with Crippen LogP contribution in [0.3, 0.4) is 0 Å². The fourth-order valence-electron chi connectivity index (χ4n) is 1.64. The van der Waals surface area contributed by atoms with E-state index in [4.69, 9.17) is 12.2 Å². The molecular weight excluding hydrogens is 282 g/mol. The number of hydrogen-bond acceptors (Lipinski definition) is 3. The van der Waals surface area contributed by atoms with Gasteiger partial charge in [-0.15, -0.1) is 0 Å². The van der Waals surface area contributed by atoms with E-state index in [-0.39, 0.29) is 5.78 Å². The van der Waals surface area contributed by atoms with Crippen LogP contribution in [0.15, 0.2) is 65.8 Å². The number of thiocarbonyl (C=S) groups is 1. The Morgan fingerprint density at radius 3 is 2.33 bits per heavy atom. The molecule has 106 valence electrons. The van der Waals surface area contributed by atoms with Crippen LogP contribution < -0.4 is 10.7 Å². The first-order chi connectivity index (χ1) is 10.3. The molecule has 0 aliphatic heterocycles. The molecule has 0 unspecified atom stereocenters. The number of rotatable bonds is 5. The molecule has 0 saturated heterocycles. The van der Waals surface area contributed by atoms with Crippen molar-refractivity contribution in [1.82, 2.24) is 10.7 Å². The third-order valence-corrected chi connectivity index (χ3v) is 2.94. The zero-order chi connectivity index (χ0) is 14.9. The molecule has 0 bridgehead atoms. The van der Waals surface area contributed by atoms with Crippen LogP contribution in [0.1, 0.15) is 15.9 Å². The van der Waals surface area contributed by atoms with Crippen molar-refractivity contribution in [2.75, 3.05) is 0 Å². The van der Waals surface area contributed by atoms with Gasteiger partial charge in [0.1, 0.15) is 0 Å². The molecule has 2 N–H and O–H groups in total. The highest BCUT2D eigenvalue weighted by Crippen LogP contribution is 1.98. The second kappa shape index (κ2) is 7.91. The van der Waals surface area contributed by atoms with Crippen molar-refractivity contribution in [2.45, 2.75) is 6.54 Å². The first-order valence-electron chi connectivity index (χ1n) is 6.46. The van der Waals surface area contributed by atoms with Gasteiger partial charge in [-0.2, -0.15) is 5.10 Å². The van der Waals surface area contributed by atoms with Gasteiger partial charge in [0.2, 0.25) is 5.78 Å². The molecule has 0 amide bonds. The molecule has 2 aromatic rings. The third-order valence-electron chi connectivity index (χ3n) is 2.70. The Morgan fingerprint density at radius 2 is 1.67 bits per heavy atom. The van der Waals surface area contributed by atoms with Crippen molar-refractivity contribution >= 4 is 29.3 Å². The lowest BCUT2D eigenvalue weighted by Crippen LogP contribution is -2.31. The largest absolute Gasteiger partial charge is 0.357 e. The molecule has 5 heteroatoms. The molecule has 0 spiro atoms. The number of carbonyl (C=O) groups is 1. The number of hydrazone groups is 1. The van der Waals surface area contributed by atoms with E-state index < -0.39 is 0 Å². The maximum absolute atomic E-state index is 11.8. The summed E-state index contributed by atoms with van der Waals surface area (Å²) in [7, 11) is 0. The summed E-state index contributed by atoms with van der Waals surface area (Å²) in [6.45, 7) is 0.606. The zero-order valence-corrected chi connectivity index (χ0v) is 12.1. The standard InChI is InChI=1S/C16H15N3OS/c20-15(14-9-5-2-6-10-14)12-18-19-16(21)17-11-13-7-3-1-4-8-13/h1-10,12H,11H2,(H2,17,19,21)/b18-12+. The molecule has 0 radical (unpaired) electrons. The maximum atomic E-state index is 11.8. The lowest BCUT2D eigenvalue weighted by atomic mass is 10.1. The van der Waals surface area contributed by atoms with E-state index in [1.807, 2.05) is 36.4 Å². The Bertz CT molecular complexity index is 626. The van der Waals surface area contributed by atoms with E-state index in [0.717, 1.165) is 5.56 Å². The van der Waals surface area contributed by atoms with E-state index >= 15 is 0 Å². The minimum absolute atomic E-state index is 0.172. The van der Waals surface area contributed by atoms with Crippen molar-refractivity contribution in [1.29, 1.82) is 0 Å². The van der Waals surface area contributed by atoms with Crippen molar-refractivity contribution in [3.05, 3.63) is 71.8 Å². The first kappa shape index (κ1) is 14.9. The van der Waals surface area contributed by atoms with E-state index in [9.17, 15) is 4.79 Å².